The second kappa shape index (κ2) is 4.08. The maximum absolute atomic E-state index is 11.8. The topological polar surface area (TPSA) is 68.3 Å². The van der Waals surface area contributed by atoms with Crippen molar-refractivity contribution >= 4 is 11.8 Å². The van der Waals surface area contributed by atoms with Crippen molar-refractivity contribution in [1.29, 1.82) is 0 Å². The Labute approximate surface area is 97.8 Å². The summed E-state index contributed by atoms with van der Waals surface area (Å²) in [6.45, 7) is 0. The highest BCUT2D eigenvalue weighted by Gasteiger charge is 2.21. The Morgan fingerprint density at radius 1 is 1.35 bits per heavy atom. The fourth-order valence-electron chi connectivity index (χ4n) is 2.06. The van der Waals surface area contributed by atoms with E-state index in [1.54, 1.807) is 12.1 Å². The van der Waals surface area contributed by atoms with E-state index in [0.29, 0.717) is 5.88 Å². The third-order valence-corrected chi connectivity index (χ3v) is 2.93. The summed E-state index contributed by atoms with van der Waals surface area (Å²) in [5, 5.41) is 6.66. The lowest BCUT2D eigenvalue weighted by molar-refractivity contribution is 0.0993. The maximum Gasteiger partial charge on any atom is 0.293 e. The van der Waals surface area contributed by atoms with Crippen LogP contribution in [0.1, 0.15) is 34.7 Å². The average Bonchev–Trinajstić information content (AvgIpc) is 2.98. The van der Waals surface area contributed by atoms with Crippen molar-refractivity contribution in [3.8, 4) is 0 Å². The summed E-state index contributed by atoms with van der Waals surface area (Å²) in [4.78, 5) is 11.8. The molecule has 0 radical (unpaired) electrons. The lowest BCUT2D eigenvalue weighted by Crippen LogP contribution is -2.12. The monoisotopic (exact) mass is 232 g/mol. The van der Waals surface area contributed by atoms with E-state index in [1.165, 1.54) is 6.26 Å². The summed E-state index contributed by atoms with van der Waals surface area (Å²) in [6, 6.07) is 3.28. The maximum atomic E-state index is 11.8. The number of nitrogens with zero attached hydrogens (tertiary/aromatic N) is 1. The Hall–Kier alpha value is -2.04. The molecule has 1 amide bonds. The number of nitrogens with one attached hydrogen (secondary N) is 1. The van der Waals surface area contributed by atoms with E-state index in [9.17, 15) is 4.79 Å². The van der Waals surface area contributed by atoms with Gasteiger partial charge in [0.25, 0.3) is 5.91 Å². The molecule has 0 spiro atoms. The zero-order chi connectivity index (χ0) is 11.7. The van der Waals surface area contributed by atoms with E-state index in [1.807, 2.05) is 0 Å². The van der Waals surface area contributed by atoms with E-state index in [-0.39, 0.29) is 11.7 Å². The molecule has 1 N–H and O–H groups in total. The molecule has 0 saturated heterocycles. The van der Waals surface area contributed by atoms with Crippen LogP contribution in [0.4, 0.5) is 5.88 Å². The van der Waals surface area contributed by atoms with E-state index >= 15 is 0 Å². The molecule has 17 heavy (non-hydrogen) atoms. The molecular formula is C12H12N2O3. The minimum Gasteiger partial charge on any atom is -0.459 e. The molecule has 1 aliphatic carbocycles. The van der Waals surface area contributed by atoms with E-state index in [2.05, 4.69) is 10.5 Å². The summed E-state index contributed by atoms with van der Waals surface area (Å²) in [6.07, 6.45) is 5.54. The molecule has 3 rings (SSSR count). The molecule has 0 aromatic carbocycles. The molecule has 0 atom stereocenters. The lowest BCUT2D eigenvalue weighted by Gasteiger charge is -2.08. The highest BCUT2D eigenvalue weighted by molar-refractivity contribution is 6.01. The fourth-order valence-corrected chi connectivity index (χ4v) is 2.06. The second-order valence-electron chi connectivity index (χ2n) is 4.08. The first-order valence-electron chi connectivity index (χ1n) is 5.67. The predicted octanol–water partition coefficient (Wildman–Crippen LogP) is 2.40. The third-order valence-electron chi connectivity index (χ3n) is 2.93. The third kappa shape index (κ3) is 1.84. The summed E-state index contributed by atoms with van der Waals surface area (Å²) in [5.74, 6) is 0.423. The average molecular weight is 232 g/mol. The zero-order valence-corrected chi connectivity index (χ0v) is 9.23. The molecule has 2 aromatic rings. The molecule has 1 aliphatic rings. The van der Waals surface area contributed by atoms with Gasteiger partial charge in [-0.3, -0.25) is 10.1 Å². The van der Waals surface area contributed by atoms with Gasteiger partial charge in [0.05, 0.1) is 12.0 Å². The minimum atomic E-state index is -0.306. The van der Waals surface area contributed by atoms with E-state index in [4.69, 9.17) is 8.94 Å². The van der Waals surface area contributed by atoms with Crippen LogP contribution in [0.25, 0.3) is 0 Å². The molecular weight excluding hydrogens is 220 g/mol. The first kappa shape index (κ1) is 10.1. The molecule has 0 bridgehead atoms. The molecule has 2 aromatic heterocycles. The number of aromatic nitrogens is 1. The van der Waals surface area contributed by atoms with Gasteiger partial charge in [-0.2, -0.15) is 0 Å². The van der Waals surface area contributed by atoms with Crippen LogP contribution in [-0.4, -0.2) is 11.1 Å². The largest absolute Gasteiger partial charge is 0.459 e. The number of amides is 1. The molecule has 5 heteroatoms. The summed E-state index contributed by atoms with van der Waals surface area (Å²) >= 11 is 0. The van der Waals surface area contributed by atoms with Gasteiger partial charge in [-0.15, -0.1) is 0 Å². The van der Waals surface area contributed by atoms with Crippen molar-refractivity contribution in [2.24, 2.45) is 0 Å². The van der Waals surface area contributed by atoms with Crippen molar-refractivity contribution in [2.45, 2.75) is 25.7 Å². The van der Waals surface area contributed by atoms with Gasteiger partial charge >= 0.3 is 0 Å². The highest BCUT2D eigenvalue weighted by Crippen LogP contribution is 2.27. The predicted molar refractivity (Wildman–Crippen MR) is 59.8 cm³/mol. The second-order valence-corrected chi connectivity index (χ2v) is 4.08. The SMILES string of the molecule is O=C(Nc1onc2c1CCCC2)c1ccco1. The van der Waals surface area contributed by atoms with Gasteiger partial charge in [0, 0.05) is 5.56 Å². The minimum absolute atomic E-state index is 0.269. The first-order chi connectivity index (χ1) is 8.34. The number of carbonyl (C=O) groups is 1. The van der Waals surface area contributed by atoms with Gasteiger partial charge in [0.15, 0.2) is 5.76 Å². The number of aryl methyl sites for hydroxylation is 1. The Balaban J connectivity index is 1.81. The van der Waals surface area contributed by atoms with Gasteiger partial charge in [0.1, 0.15) is 0 Å². The van der Waals surface area contributed by atoms with Crippen molar-refractivity contribution in [3.05, 3.63) is 35.4 Å². The Morgan fingerprint density at radius 2 is 2.24 bits per heavy atom. The van der Waals surface area contributed by atoms with Crippen LogP contribution in [0, 0.1) is 0 Å². The Morgan fingerprint density at radius 3 is 3.06 bits per heavy atom. The van der Waals surface area contributed by atoms with Gasteiger partial charge in [-0.1, -0.05) is 5.16 Å². The van der Waals surface area contributed by atoms with Gasteiger partial charge in [-0.05, 0) is 37.8 Å². The number of fused-ring (bicyclic) bond motifs is 1. The highest BCUT2D eigenvalue weighted by atomic mass is 16.5. The number of hydrogen-bond donors (Lipinski definition) is 1. The van der Waals surface area contributed by atoms with Crippen molar-refractivity contribution in [3.63, 3.8) is 0 Å². The van der Waals surface area contributed by atoms with E-state index in [0.717, 1.165) is 36.9 Å². The standard InChI is InChI=1S/C12H12N2O3/c15-11(10-6-3-7-16-10)13-12-8-4-1-2-5-9(8)14-17-12/h3,6-7H,1-2,4-5H2,(H,13,15). The van der Waals surface area contributed by atoms with E-state index < -0.39 is 0 Å². The van der Waals surface area contributed by atoms with Crippen LogP contribution >= 0.6 is 0 Å². The molecule has 0 aliphatic heterocycles. The zero-order valence-electron chi connectivity index (χ0n) is 9.23. The van der Waals surface area contributed by atoms with Crippen molar-refractivity contribution < 1.29 is 13.7 Å². The molecule has 0 fully saturated rings. The van der Waals surface area contributed by atoms with Gasteiger partial charge in [-0.25, -0.2) is 0 Å². The fraction of sp³-hybridized carbons (Fsp3) is 0.333. The van der Waals surface area contributed by atoms with Crippen LogP contribution in [-0.2, 0) is 12.8 Å². The van der Waals surface area contributed by atoms with Crippen LogP contribution in [0.2, 0.25) is 0 Å². The number of carbonyl (C=O) groups excluding carboxylic acids is 1. The first-order valence-corrected chi connectivity index (χ1v) is 5.67. The number of hydrogen-bond acceptors (Lipinski definition) is 4. The number of rotatable bonds is 2. The summed E-state index contributed by atoms with van der Waals surface area (Å²) < 4.78 is 10.2. The van der Waals surface area contributed by atoms with Gasteiger partial charge < -0.3 is 8.94 Å². The molecule has 5 nitrogen and oxygen atoms in total. The molecule has 2 heterocycles. The van der Waals surface area contributed by atoms with Crippen LogP contribution < -0.4 is 5.32 Å². The smallest absolute Gasteiger partial charge is 0.293 e. The van der Waals surface area contributed by atoms with Crippen LogP contribution in [0.3, 0.4) is 0 Å². The molecule has 0 saturated carbocycles. The summed E-state index contributed by atoms with van der Waals surface area (Å²) in [5.41, 5.74) is 1.99. The lowest BCUT2D eigenvalue weighted by atomic mass is 9.98. The van der Waals surface area contributed by atoms with Crippen molar-refractivity contribution in [2.75, 3.05) is 5.32 Å². The molecule has 88 valence electrons. The Kier molecular flexibility index (Phi) is 2.44. The number of anilines is 1. The molecule has 0 unspecified atom stereocenters. The van der Waals surface area contributed by atoms with Crippen LogP contribution in [0.15, 0.2) is 27.3 Å². The number of furan rings is 1. The quantitative estimate of drug-likeness (QED) is 0.863. The van der Waals surface area contributed by atoms with Crippen LogP contribution in [0.5, 0.6) is 0 Å². The van der Waals surface area contributed by atoms with Crippen molar-refractivity contribution in [1.82, 2.24) is 5.16 Å². The Bertz CT molecular complexity index is 528. The van der Waals surface area contributed by atoms with Gasteiger partial charge in [0.2, 0.25) is 5.88 Å². The summed E-state index contributed by atoms with van der Waals surface area (Å²) in [7, 11) is 0. The normalized spacial score (nSPS) is 14.4.